The number of nitrogens with zero attached hydrogens (tertiary/aromatic N) is 4. The van der Waals surface area contributed by atoms with Crippen molar-refractivity contribution in [2.45, 2.75) is 13.5 Å². The molecule has 0 atom stereocenters. The molecular formula is C25H23ClN4O2S. The highest BCUT2D eigenvalue weighted by molar-refractivity contribution is 7.20. The van der Waals surface area contributed by atoms with E-state index in [9.17, 15) is 9.59 Å². The Bertz CT molecular complexity index is 1310. The fourth-order valence-electron chi connectivity index (χ4n) is 4.12. The second-order valence-corrected chi connectivity index (χ2v) is 9.62. The maximum absolute atomic E-state index is 13.2. The molecule has 0 unspecified atom stereocenters. The largest absolute Gasteiger partial charge is 0.335 e. The molecule has 8 heteroatoms. The third-order valence-electron chi connectivity index (χ3n) is 5.94. The molecule has 2 aromatic heterocycles. The monoisotopic (exact) mass is 478 g/mol. The molecule has 33 heavy (non-hydrogen) atoms. The summed E-state index contributed by atoms with van der Waals surface area (Å²) in [5.41, 5.74) is 2.69. The van der Waals surface area contributed by atoms with E-state index in [2.05, 4.69) is 5.10 Å². The van der Waals surface area contributed by atoms with Crippen molar-refractivity contribution in [1.82, 2.24) is 19.6 Å². The fraction of sp³-hybridized carbons (Fsp3) is 0.240. The molecule has 5 rings (SSSR count). The summed E-state index contributed by atoms with van der Waals surface area (Å²) in [5.74, 6) is 0.0305. The number of carbonyl (C=O) groups excluding carboxylic acids is 2. The lowest BCUT2D eigenvalue weighted by atomic mass is 10.2. The highest BCUT2D eigenvalue weighted by atomic mass is 35.5. The van der Waals surface area contributed by atoms with Gasteiger partial charge in [0.2, 0.25) is 0 Å². The first-order chi connectivity index (χ1) is 16.0. The van der Waals surface area contributed by atoms with E-state index in [1.165, 1.54) is 11.3 Å². The van der Waals surface area contributed by atoms with Gasteiger partial charge in [-0.15, -0.1) is 11.3 Å². The van der Waals surface area contributed by atoms with Gasteiger partial charge < -0.3 is 9.80 Å². The van der Waals surface area contributed by atoms with Gasteiger partial charge in [0, 0.05) is 42.2 Å². The first-order valence-electron chi connectivity index (χ1n) is 10.8. The first kappa shape index (κ1) is 21.7. The smallest absolute Gasteiger partial charge is 0.264 e. The van der Waals surface area contributed by atoms with Crippen molar-refractivity contribution in [2.24, 2.45) is 0 Å². The number of aryl methyl sites for hydroxylation is 1. The van der Waals surface area contributed by atoms with Crippen LogP contribution in [0.2, 0.25) is 5.02 Å². The molecule has 168 valence electrons. The van der Waals surface area contributed by atoms with Gasteiger partial charge in [-0.25, -0.2) is 0 Å². The minimum atomic E-state index is 0.0143. The predicted octanol–water partition coefficient (Wildman–Crippen LogP) is 4.71. The van der Waals surface area contributed by atoms with Gasteiger partial charge >= 0.3 is 0 Å². The first-order valence-corrected chi connectivity index (χ1v) is 12.0. The van der Waals surface area contributed by atoms with Crippen molar-refractivity contribution in [3.63, 3.8) is 0 Å². The van der Waals surface area contributed by atoms with Gasteiger partial charge in [0.15, 0.2) is 0 Å². The van der Waals surface area contributed by atoms with Gasteiger partial charge in [-0.1, -0.05) is 41.9 Å². The second-order valence-electron chi connectivity index (χ2n) is 8.15. The fourth-order valence-corrected chi connectivity index (χ4v) is 5.37. The van der Waals surface area contributed by atoms with Crippen LogP contribution in [0.15, 0.2) is 60.7 Å². The molecule has 1 saturated heterocycles. The summed E-state index contributed by atoms with van der Waals surface area (Å²) >= 11 is 7.47. The lowest BCUT2D eigenvalue weighted by molar-refractivity contribution is 0.0538. The van der Waals surface area contributed by atoms with E-state index in [1.807, 2.05) is 82.1 Å². The Balaban J connectivity index is 1.29. The number of fused-ring (bicyclic) bond motifs is 1. The lowest BCUT2D eigenvalue weighted by Crippen LogP contribution is -2.50. The minimum Gasteiger partial charge on any atom is -0.335 e. The van der Waals surface area contributed by atoms with Crippen LogP contribution in [0.4, 0.5) is 0 Å². The van der Waals surface area contributed by atoms with Crippen molar-refractivity contribution in [3.05, 3.63) is 87.4 Å². The molecule has 2 aromatic carbocycles. The van der Waals surface area contributed by atoms with E-state index in [0.29, 0.717) is 48.2 Å². The van der Waals surface area contributed by atoms with Crippen LogP contribution in [0.3, 0.4) is 0 Å². The molecule has 1 aliphatic rings. The maximum Gasteiger partial charge on any atom is 0.264 e. The number of aromatic nitrogens is 2. The van der Waals surface area contributed by atoms with E-state index >= 15 is 0 Å². The summed E-state index contributed by atoms with van der Waals surface area (Å²) in [5, 5.41) is 6.38. The van der Waals surface area contributed by atoms with Crippen molar-refractivity contribution < 1.29 is 9.59 Å². The summed E-state index contributed by atoms with van der Waals surface area (Å²) < 4.78 is 1.95. The highest BCUT2D eigenvalue weighted by Crippen LogP contribution is 2.30. The average Bonchev–Trinajstić information content (AvgIpc) is 3.41. The number of carbonyl (C=O) groups is 2. The van der Waals surface area contributed by atoms with E-state index in [0.717, 1.165) is 21.5 Å². The molecule has 1 aliphatic heterocycles. The molecule has 0 saturated carbocycles. The predicted molar refractivity (Wildman–Crippen MR) is 131 cm³/mol. The third kappa shape index (κ3) is 4.38. The Kier molecular flexibility index (Phi) is 5.91. The molecule has 2 amide bonds. The number of halogens is 1. The number of piperazine rings is 1. The lowest BCUT2D eigenvalue weighted by Gasteiger charge is -2.34. The Morgan fingerprint density at radius 3 is 2.24 bits per heavy atom. The van der Waals surface area contributed by atoms with Crippen molar-refractivity contribution >= 4 is 45.0 Å². The Morgan fingerprint density at radius 2 is 1.58 bits per heavy atom. The van der Waals surface area contributed by atoms with Crippen molar-refractivity contribution in [2.75, 3.05) is 26.2 Å². The molecule has 3 heterocycles. The van der Waals surface area contributed by atoms with Gasteiger partial charge in [0.05, 0.1) is 17.1 Å². The van der Waals surface area contributed by atoms with Crippen LogP contribution < -0.4 is 0 Å². The Morgan fingerprint density at radius 1 is 0.939 bits per heavy atom. The molecule has 0 aliphatic carbocycles. The number of rotatable bonds is 4. The molecular weight excluding hydrogens is 456 g/mol. The highest BCUT2D eigenvalue weighted by Gasteiger charge is 2.27. The Labute approximate surface area is 201 Å². The normalized spacial score (nSPS) is 14.1. The molecule has 1 fully saturated rings. The maximum atomic E-state index is 13.2. The Hall–Kier alpha value is -3.16. The van der Waals surface area contributed by atoms with Crippen LogP contribution in [0, 0.1) is 6.92 Å². The SMILES string of the molecule is Cc1nn(Cc2ccc(Cl)cc2)c2sc(C(=O)N3CCN(C(=O)c4ccccc4)CC3)cc12. The van der Waals surface area contributed by atoms with Crippen LogP contribution in [0.5, 0.6) is 0 Å². The van der Waals surface area contributed by atoms with Gasteiger partial charge in [-0.2, -0.15) is 5.10 Å². The summed E-state index contributed by atoms with van der Waals surface area (Å²) in [4.78, 5) is 31.3. The van der Waals surface area contributed by atoms with Crippen LogP contribution in [0.25, 0.3) is 10.2 Å². The average molecular weight is 479 g/mol. The molecule has 0 N–H and O–H groups in total. The summed E-state index contributed by atoms with van der Waals surface area (Å²) in [6.07, 6.45) is 0. The summed E-state index contributed by atoms with van der Waals surface area (Å²) in [6.45, 7) is 4.72. The number of hydrogen-bond acceptors (Lipinski definition) is 4. The topological polar surface area (TPSA) is 58.4 Å². The zero-order valence-electron chi connectivity index (χ0n) is 18.2. The van der Waals surface area contributed by atoms with E-state index < -0.39 is 0 Å². The molecule has 0 bridgehead atoms. The molecule has 0 radical (unpaired) electrons. The van der Waals surface area contributed by atoms with E-state index in [-0.39, 0.29) is 11.8 Å². The zero-order chi connectivity index (χ0) is 22.9. The van der Waals surface area contributed by atoms with Gasteiger partial charge in [0.1, 0.15) is 4.83 Å². The molecule has 4 aromatic rings. The number of hydrogen-bond donors (Lipinski definition) is 0. The van der Waals surface area contributed by atoms with E-state index in [4.69, 9.17) is 11.6 Å². The number of thiophene rings is 1. The van der Waals surface area contributed by atoms with Crippen molar-refractivity contribution in [1.29, 1.82) is 0 Å². The standard InChI is InChI=1S/C25H23ClN4O2S/c1-17-21-15-22(33-25(21)30(27-17)16-18-7-9-20(26)10-8-18)24(32)29-13-11-28(12-14-29)23(31)19-5-3-2-4-6-19/h2-10,15H,11-14,16H2,1H3. The van der Waals surface area contributed by atoms with Crippen LogP contribution in [0.1, 0.15) is 31.3 Å². The van der Waals surface area contributed by atoms with E-state index in [1.54, 1.807) is 0 Å². The van der Waals surface area contributed by atoms with Crippen LogP contribution >= 0.6 is 22.9 Å². The second kappa shape index (κ2) is 9.00. The molecule has 0 spiro atoms. The van der Waals surface area contributed by atoms with Crippen molar-refractivity contribution in [3.8, 4) is 0 Å². The van der Waals surface area contributed by atoms with Gasteiger partial charge in [-0.05, 0) is 42.8 Å². The minimum absolute atomic E-state index is 0.0143. The third-order valence-corrected chi connectivity index (χ3v) is 7.33. The number of amides is 2. The summed E-state index contributed by atoms with van der Waals surface area (Å²) in [6, 6.07) is 18.9. The van der Waals surface area contributed by atoms with Crippen LogP contribution in [-0.2, 0) is 6.54 Å². The van der Waals surface area contributed by atoms with Gasteiger partial charge in [0.25, 0.3) is 11.8 Å². The quantitative estimate of drug-likeness (QED) is 0.427. The van der Waals surface area contributed by atoms with Gasteiger partial charge in [-0.3, -0.25) is 14.3 Å². The number of benzene rings is 2. The summed E-state index contributed by atoms with van der Waals surface area (Å²) in [7, 11) is 0. The van der Waals surface area contributed by atoms with Crippen LogP contribution in [-0.4, -0.2) is 57.6 Å². The zero-order valence-corrected chi connectivity index (χ0v) is 19.8. The molecule has 6 nitrogen and oxygen atoms in total.